The molecule has 0 aromatic carbocycles. The maximum Gasteiger partial charge on any atom is 0.223 e. The molecule has 2 heterocycles. The van der Waals surface area contributed by atoms with Gasteiger partial charge in [0.1, 0.15) is 0 Å². The van der Waals surface area contributed by atoms with Crippen molar-refractivity contribution >= 4 is 5.91 Å². The maximum absolute atomic E-state index is 12.5. The lowest BCUT2D eigenvalue weighted by Gasteiger charge is -2.39. The van der Waals surface area contributed by atoms with E-state index in [4.69, 9.17) is 5.73 Å². The van der Waals surface area contributed by atoms with Gasteiger partial charge >= 0.3 is 0 Å². The van der Waals surface area contributed by atoms with Crippen molar-refractivity contribution in [2.24, 2.45) is 11.7 Å². The number of carbonyl (C=O) groups excluding carboxylic acids is 1. The number of likely N-dealkylation sites (tertiary alicyclic amines) is 2. The van der Waals surface area contributed by atoms with E-state index in [9.17, 15) is 20.1 Å². The summed E-state index contributed by atoms with van der Waals surface area (Å²) < 4.78 is 0. The smallest absolute Gasteiger partial charge is 0.223 e. The monoisotopic (exact) mass is 371 g/mol. The third-order valence-electron chi connectivity index (χ3n) is 6.18. The Balaban J connectivity index is 2.28. The van der Waals surface area contributed by atoms with E-state index in [0.717, 1.165) is 51.6 Å². The van der Waals surface area contributed by atoms with Crippen LogP contribution >= 0.6 is 0 Å². The standard InChI is InChI=1S/C19H37N3O4/c1-3-5-9-21-10-7-8-13(21)15(19(20)26)16-18(25)17(24)14(12-23)22(16)11-6-4-2/h13-18,23-25H,3-12H2,1-2H3,(H2,20,26)/t13?,14-,15?,16-,17-,18+/m1/s1. The van der Waals surface area contributed by atoms with E-state index in [1.807, 2.05) is 4.90 Å². The number of aliphatic hydroxyl groups is 3. The van der Waals surface area contributed by atoms with E-state index < -0.39 is 36.1 Å². The summed E-state index contributed by atoms with van der Waals surface area (Å²) in [4.78, 5) is 16.7. The number of hydrogen-bond acceptors (Lipinski definition) is 6. The molecule has 5 N–H and O–H groups in total. The minimum absolute atomic E-state index is 0.00697. The van der Waals surface area contributed by atoms with Crippen LogP contribution in [0.4, 0.5) is 0 Å². The van der Waals surface area contributed by atoms with Gasteiger partial charge in [-0.1, -0.05) is 26.7 Å². The molecule has 2 unspecified atom stereocenters. The number of nitrogens with two attached hydrogens (primary N) is 1. The third-order valence-corrected chi connectivity index (χ3v) is 6.18. The van der Waals surface area contributed by atoms with Crippen molar-refractivity contribution < 1.29 is 20.1 Å². The molecule has 2 aliphatic rings. The lowest BCUT2D eigenvalue weighted by atomic mass is 9.85. The van der Waals surface area contributed by atoms with Gasteiger partial charge in [0.25, 0.3) is 0 Å². The largest absolute Gasteiger partial charge is 0.395 e. The van der Waals surface area contributed by atoms with E-state index in [-0.39, 0.29) is 12.6 Å². The van der Waals surface area contributed by atoms with Gasteiger partial charge in [0.15, 0.2) is 0 Å². The van der Waals surface area contributed by atoms with Gasteiger partial charge in [0.2, 0.25) is 5.91 Å². The fraction of sp³-hybridized carbons (Fsp3) is 0.947. The molecule has 2 fully saturated rings. The number of rotatable bonds is 10. The first-order valence-electron chi connectivity index (χ1n) is 10.2. The first kappa shape index (κ1) is 21.6. The molecule has 0 radical (unpaired) electrons. The van der Waals surface area contributed by atoms with Crippen molar-refractivity contribution in [3.63, 3.8) is 0 Å². The van der Waals surface area contributed by atoms with Gasteiger partial charge in [-0.15, -0.1) is 0 Å². The Kier molecular flexibility index (Phi) is 8.29. The fourth-order valence-electron chi connectivity index (χ4n) is 4.81. The molecule has 2 saturated heterocycles. The normalized spacial score (nSPS) is 34.4. The van der Waals surface area contributed by atoms with Crippen LogP contribution in [0.1, 0.15) is 52.4 Å². The van der Waals surface area contributed by atoms with Crippen LogP contribution in [0.25, 0.3) is 0 Å². The van der Waals surface area contributed by atoms with Gasteiger partial charge in [-0.3, -0.25) is 14.6 Å². The Bertz CT molecular complexity index is 451. The average molecular weight is 372 g/mol. The molecule has 0 aliphatic carbocycles. The van der Waals surface area contributed by atoms with Crippen LogP contribution in [0.2, 0.25) is 0 Å². The summed E-state index contributed by atoms with van der Waals surface area (Å²) in [7, 11) is 0. The molecule has 1 amide bonds. The van der Waals surface area contributed by atoms with Crippen molar-refractivity contribution in [3.8, 4) is 0 Å². The summed E-state index contributed by atoms with van der Waals surface area (Å²) in [5, 5.41) is 31.0. The van der Waals surface area contributed by atoms with Crippen LogP contribution in [0, 0.1) is 5.92 Å². The molecular formula is C19H37N3O4. The SMILES string of the molecule is CCCCN1CCCC1C(C(N)=O)[C@@H]1[C@H](O)[C@H](O)[C@@H](CO)N1CCCC. The van der Waals surface area contributed by atoms with Crippen LogP contribution in [0.15, 0.2) is 0 Å². The van der Waals surface area contributed by atoms with E-state index in [2.05, 4.69) is 18.7 Å². The van der Waals surface area contributed by atoms with Crippen LogP contribution in [0.3, 0.4) is 0 Å². The Morgan fingerprint density at radius 2 is 1.81 bits per heavy atom. The van der Waals surface area contributed by atoms with Gasteiger partial charge in [0.05, 0.1) is 36.8 Å². The summed E-state index contributed by atoms with van der Waals surface area (Å²) in [6, 6.07) is -1.10. The molecule has 0 spiro atoms. The molecule has 7 nitrogen and oxygen atoms in total. The maximum atomic E-state index is 12.5. The van der Waals surface area contributed by atoms with E-state index in [1.54, 1.807) is 0 Å². The van der Waals surface area contributed by atoms with E-state index >= 15 is 0 Å². The topological polar surface area (TPSA) is 110 Å². The van der Waals surface area contributed by atoms with Gasteiger partial charge in [-0.05, 0) is 45.3 Å². The first-order valence-corrected chi connectivity index (χ1v) is 10.2. The van der Waals surface area contributed by atoms with E-state index in [1.165, 1.54) is 0 Å². The highest BCUT2D eigenvalue weighted by Gasteiger charge is 2.54. The van der Waals surface area contributed by atoms with Gasteiger partial charge in [0, 0.05) is 6.04 Å². The van der Waals surface area contributed by atoms with Gasteiger partial charge in [-0.2, -0.15) is 0 Å². The number of nitrogens with zero attached hydrogens (tertiary/aromatic N) is 2. The zero-order valence-electron chi connectivity index (χ0n) is 16.3. The van der Waals surface area contributed by atoms with Gasteiger partial charge in [-0.25, -0.2) is 0 Å². The minimum Gasteiger partial charge on any atom is -0.395 e. The van der Waals surface area contributed by atoms with Crippen molar-refractivity contribution in [1.29, 1.82) is 0 Å². The highest BCUT2D eigenvalue weighted by atomic mass is 16.3. The second-order valence-corrected chi connectivity index (χ2v) is 7.84. The van der Waals surface area contributed by atoms with Crippen molar-refractivity contribution in [3.05, 3.63) is 0 Å². The molecule has 6 atom stereocenters. The van der Waals surface area contributed by atoms with Crippen LogP contribution in [0.5, 0.6) is 0 Å². The lowest BCUT2D eigenvalue weighted by molar-refractivity contribution is -0.128. The summed E-state index contributed by atoms with van der Waals surface area (Å²) in [5.41, 5.74) is 5.83. The molecule has 0 bridgehead atoms. The molecule has 152 valence electrons. The Labute approximate surface area is 157 Å². The predicted octanol–water partition coefficient (Wildman–Crippen LogP) is -0.0806. The summed E-state index contributed by atoms with van der Waals surface area (Å²) in [5.74, 6) is -0.970. The van der Waals surface area contributed by atoms with Crippen molar-refractivity contribution in [1.82, 2.24) is 9.80 Å². The quantitative estimate of drug-likeness (QED) is 0.428. The Hall–Kier alpha value is -0.730. The predicted molar refractivity (Wildman–Crippen MR) is 100 cm³/mol. The first-order chi connectivity index (χ1) is 12.5. The van der Waals surface area contributed by atoms with Crippen LogP contribution in [-0.2, 0) is 4.79 Å². The molecule has 2 rings (SSSR count). The highest BCUT2D eigenvalue weighted by molar-refractivity contribution is 5.78. The molecule has 0 saturated carbocycles. The van der Waals surface area contributed by atoms with Gasteiger partial charge < -0.3 is 21.1 Å². The number of primary amides is 1. The number of carbonyl (C=O) groups is 1. The molecular weight excluding hydrogens is 334 g/mol. The van der Waals surface area contributed by atoms with Crippen LogP contribution in [-0.4, -0.2) is 87.6 Å². The summed E-state index contributed by atoms with van der Waals surface area (Å²) in [6.07, 6.45) is 3.75. The zero-order chi connectivity index (χ0) is 19.3. The average Bonchev–Trinajstić information content (AvgIpc) is 3.16. The molecule has 0 aromatic heterocycles. The molecule has 0 aromatic rings. The van der Waals surface area contributed by atoms with Crippen LogP contribution < -0.4 is 5.73 Å². The second-order valence-electron chi connectivity index (χ2n) is 7.84. The second kappa shape index (κ2) is 9.99. The Morgan fingerprint density at radius 3 is 2.38 bits per heavy atom. The number of amides is 1. The lowest BCUT2D eigenvalue weighted by Crippen LogP contribution is -2.56. The summed E-state index contributed by atoms with van der Waals surface area (Å²) >= 11 is 0. The molecule has 7 heteroatoms. The number of aliphatic hydroxyl groups excluding tert-OH is 3. The number of hydrogen-bond donors (Lipinski definition) is 4. The third kappa shape index (κ3) is 4.39. The van der Waals surface area contributed by atoms with Crippen molar-refractivity contribution in [2.75, 3.05) is 26.2 Å². The van der Waals surface area contributed by atoms with E-state index in [0.29, 0.717) is 6.54 Å². The van der Waals surface area contributed by atoms with Crippen molar-refractivity contribution in [2.45, 2.75) is 82.7 Å². The molecule has 26 heavy (non-hydrogen) atoms. The number of unbranched alkanes of at least 4 members (excludes halogenated alkanes) is 2. The Morgan fingerprint density at radius 1 is 1.15 bits per heavy atom. The molecule has 2 aliphatic heterocycles. The zero-order valence-corrected chi connectivity index (χ0v) is 16.3. The summed E-state index contributed by atoms with van der Waals surface area (Å²) in [6.45, 7) is 6.47. The minimum atomic E-state index is -1.07. The highest BCUT2D eigenvalue weighted by Crippen LogP contribution is 2.36. The fourth-order valence-corrected chi connectivity index (χ4v) is 4.81.